The third kappa shape index (κ3) is 4.34. The maximum absolute atomic E-state index is 12.8. The number of hydrogen-bond acceptors (Lipinski definition) is 11. The van der Waals surface area contributed by atoms with Gasteiger partial charge in [0.05, 0.1) is 18.2 Å². The average Bonchev–Trinajstić information content (AvgIpc) is 3.45. The van der Waals surface area contributed by atoms with Crippen molar-refractivity contribution in [3.8, 4) is 22.8 Å². The minimum Gasteiger partial charge on any atom is -0.497 e. The van der Waals surface area contributed by atoms with Gasteiger partial charge >= 0.3 is 0 Å². The molecule has 0 radical (unpaired) electrons. The minimum atomic E-state index is -0.720. The van der Waals surface area contributed by atoms with Crippen LogP contribution in [0.2, 0.25) is 0 Å². The molecule has 0 saturated heterocycles. The number of hydrogen-bond donors (Lipinski definition) is 2. The van der Waals surface area contributed by atoms with E-state index < -0.39 is 10.8 Å². The van der Waals surface area contributed by atoms with Gasteiger partial charge in [0.25, 0.3) is 11.6 Å². The number of benzene rings is 2. The number of nitro groups is 1. The van der Waals surface area contributed by atoms with E-state index in [1.165, 1.54) is 24.4 Å². The summed E-state index contributed by atoms with van der Waals surface area (Å²) in [7, 11) is 1.55. The van der Waals surface area contributed by atoms with Crippen LogP contribution in [0.5, 0.6) is 5.75 Å². The molecule has 0 saturated carbocycles. The van der Waals surface area contributed by atoms with E-state index in [-0.39, 0.29) is 34.3 Å². The number of carbonyl (C=O) groups is 1. The molecule has 0 aliphatic rings. The van der Waals surface area contributed by atoms with Gasteiger partial charge in [-0.25, -0.2) is 10.1 Å². The lowest BCUT2D eigenvalue weighted by molar-refractivity contribution is -0.384. The maximum atomic E-state index is 12.8. The first kappa shape index (κ1) is 21.1. The molecule has 4 aromatic rings. The Balaban J connectivity index is 1.69. The highest BCUT2D eigenvalue weighted by molar-refractivity contribution is 5.99. The number of carbonyl (C=O) groups excluding carboxylic acids is 1. The summed E-state index contributed by atoms with van der Waals surface area (Å²) >= 11 is 0. The van der Waals surface area contributed by atoms with Gasteiger partial charge in [-0.3, -0.25) is 14.9 Å². The van der Waals surface area contributed by atoms with Crippen molar-refractivity contribution in [3.63, 3.8) is 0 Å². The van der Waals surface area contributed by atoms with E-state index in [4.69, 9.17) is 10.5 Å². The first-order valence-electron chi connectivity index (χ1n) is 9.24. The van der Waals surface area contributed by atoms with E-state index in [9.17, 15) is 14.9 Å². The van der Waals surface area contributed by atoms with Crippen molar-refractivity contribution >= 4 is 23.6 Å². The highest BCUT2D eigenvalue weighted by Gasteiger charge is 2.26. The Morgan fingerprint density at radius 2 is 2.06 bits per heavy atom. The summed E-state index contributed by atoms with van der Waals surface area (Å²) in [6.07, 6.45) is 1.42. The van der Waals surface area contributed by atoms with Crippen LogP contribution in [0, 0.1) is 10.1 Å². The van der Waals surface area contributed by atoms with Gasteiger partial charge in [0.2, 0.25) is 11.6 Å². The lowest BCUT2D eigenvalue weighted by atomic mass is 10.1. The largest absolute Gasteiger partial charge is 0.497 e. The van der Waals surface area contributed by atoms with Crippen LogP contribution in [0.15, 0.2) is 58.3 Å². The first-order valence-corrected chi connectivity index (χ1v) is 9.24. The molecule has 0 aliphatic heterocycles. The van der Waals surface area contributed by atoms with Gasteiger partial charge in [-0.1, -0.05) is 17.3 Å². The third-order valence-electron chi connectivity index (χ3n) is 4.41. The Bertz CT molecular complexity index is 1340. The molecule has 3 N–H and O–H groups in total. The molecule has 0 fully saturated rings. The molecule has 2 aromatic heterocycles. The van der Waals surface area contributed by atoms with Gasteiger partial charge < -0.3 is 10.5 Å². The molecule has 2 heterocycles. The molecule has 1 amide bonds. The molecule has 0 aliphatic carbocycles. The zero-order chi connectivity index (χ0) is 23.4. The number of nitrogens with zero attached hydrogens (tertiary/aromatic N) is 7. The zero-order valence-corrected chi connectivity index (χ0v) is 16.9. The number of nitrogen functional groups attached to an aromatic ring is 1. The molecule has 4 rings (SSSR count). The molecule has 0 unspecified atom stereocenters. The van der Waals surface area contributed by atoms with E-state index in [2.05, 4.69) is 35.8 Å². The maximum Gasteiger partial charge on any atom is 0.294 e. The van der Waals surface area contributed by atoms with Crippen LogP contribution < -0.4 is 15.9 Å². The number of nitrogens with two attached hydrogens (primary N) is 1. The van der Waals surface area contributed by atoms with Gasteiger partial charge in [0.1, 0.15) is 11.4 Å². The first-order chi connectivity index (χ1) is 16.0. The SMILES string of the molecule is COc1ccc(/C=N/NC(=O)c2nnn(-c3nonc3N)c2-c2cccc([N+](=O)[O-])c2)cc1. The monoisotopic (exact) mass is 449 g/mol. The quantitative estimate of drug-likeness (QED) is 0.238. The normalized spacial score (nSPS) is 10.9. The summed E-state index contributed by atoms with van der Waals surface area (Å²) in [5, 5.41) is 30.1. The average molecular weight is 449 g/mol. The van der Waals surface area contributed by atoms with Crippen molar-refractivity contribution < 1.29 is 19.1 Å². The number of rotatable bonds is 7. The molecule has 14 heteroatoms. The standard InChI is InChI=1S/C19H15N9O5/c1-32-14-7-5-11(6-8-14)10-21-23-19(29)15-16(12-3-2-4-13(9-12)28(30)31)27(26-22-15)18-17(20)24-33-25-18/h2-10H,1H3,(H2,20,24)(H,23,29)/b21-10+. The van der Waals surface area contributed by atoms with Crippen molar-refractivity contribution in [1.29, 1.82) is 0 Å². The third-order valence-corrected chi connectivity index (χ3v) is 4.41. The predicted molar refractivity (Wildman–Crippen MR) is 114 cm³/mol. The van der Waals surface area contributed by atoms with Crippen LogP contribution >= 0.6 is 0 Å². The van der Waals surface area contributed by atoms with Crippen molar-refractivity contribution in [2.45, 2.75) is 0 Å². The number of ether oxygens (including phenoxy) is 1. The molecule has 33 heavy (non-hydrogen) atoms. The molecule has 0 bridgehead atoms. The topological polar surface area (TPSA) is 189 Å². The fourth-order valence-electron chi connectivity index (χ4n) is 2.86. The van der Waals surface area contributed by atoms with Crippen LogP contribution in [0.25, 0.3) is 17.1 Å². The zero-order valence-electron chi connectivity index (χ0n) is 16.9. The summed E-state index contributed by atoms with van der Waals surface area (Å²) < 4.78 is 10.8. The van der Waals surface area contributed by atoms with Gasteiger partial charge in [-0.15, -0.1) is 5.10 Å². The number of methoxy groups -OCH3 is 1. The number of aromatic nitrogens is 5. The molecule has 14 nitrogen and oxygen atoms in total. The molecular weight excluding hydrogens is 434 g/mol. The summed E-state index contributed by atoms with van der Waals surface area (Å²) in [5.74, 6) is -0.195. The number of non-ortho nitro benzene ring substituents is 1. The van der Waals surface area contributed by atoms with Crippen molar-refractivity contribution in [3.05, 3.63) is 69.9 Å². The smallest absolute Gasteiger partial charge is 0.294 e. The van der Waals surface area contributed by atoms with Crippen LogP contribution in [-0.2, 0) is 0 Å². The molecule has 0 atom stereocenters. The van der Waals surface area contributed by atoms with Crippen LogP contribution in [0.1, 0.15) is 16.1 Å². The second kappa shape index (κ2) is 8.93. The minimum absolute atomic E-state index is 0.0372. The Hall–Kier alpha value is -5.14. The highest BCUT2D eigenvalue weighted by atomic mass is 16.6. The van der Waals surface area contributed by atoms with E-state index in [1.54, 1.807) is 37.4 Å². The molecular formula is C19H15N9O5. The fourth-order valence-corrected chi connectivity index (χ4v) is 2.86. The summed E-state index contributed by atoms with van der Waals surface area (Å²) in [5.41, 5.74) is 8.79. The molecule has 166 valence electrons. The van der Waals surface area contributed by atoms with Gasteiger partial charge in [0.15, 0.2) is 5.69 Å². The van der Waals surface area contributed by atoms with Crippen molar-refractivity contribution in [2.75, 3.05) is 12.8 Å². The van der Waals surface area contributed by atoms with Crippen LogP contribution in [0.3, 0.4) is 0 Å². The number of nitro benzene ring substituents is 1. The second-order valence-corrected chi connectivity index (χ2v) is 6.45. The Morgan fingerprint density at radius 1 is 1.27 bits per heavy atom. The van der Waals surface area contributed by atoms with Crippen molar-refractivity contribution in [1.82, 2.24) is 30.7 Å². The van der Waals surface area contributed by atoms with E-state index >= 15 is 0 Å². The van der Waals surface area contributed by atoms with Crippen LogP contribution in [-0.4, -0.2) is 49.5 Å². The van der Waals surface area contributed by atoms with Gasteiger partial charge in [-0.05, 0) is 40.1 Å². The van der Waals surface area contributed by atoms with E-state index in [0.717, 1.165) is 4.68 Å². The fraction of sp³-hybridized carbons (Fsp3) is 0.0526. The number of nitrogens with one attached hydrogen (secondary N) is 1. The van der Waals surface area contributed by atoms with Crippen LogP contribution in [0.4, 0.5) is 11.5 Å². The Morgan fingerprint density at radius 3 is 2.73 bits per heavy atom. The lowest BCUT2D eigenvalue weighted by Crippen LogP contribution is -2.19. The summed E-state index contributed by atoms with van der Waals surface area (Å²) in [6.45, 7) is 0. The molecule has 2 aromatic carbocycles. The highest BCUT2D eigenvalue weighted by Crippen LogP contribution is 2.29. The van der Waals surface area contributed by atoms with Gasteiger partial charge in [0, 0.05) is 17.7 Å². The van der Waals surface area contributed by atoms with E-state index in [1.807, 2.05) is 0 Å². The second-order valence-electron chi connectivity index (χ2n) is 6.45. The van der Waals surface area contributed by atoms with Crippen molar-refractivity contribution in [2.24, 2.45) is 5.10 Å². The summed E-state index contributed by atoms with van der Waals surface area (Å²) in [6, 6.07) is 12.6. The predicted octanol–water partition coefficient (Wildman–Crippen LogP) is 1.58. The van der Waals surface area contributed by atoms with Gasteiger partial charge in [-0.2, -0.15) is 9.78 Å². The summed E-state index contributed by atoms with van der Waals surface area (Å²) in [4.78, 5) is 23.5. The molecule has 0 spiro atoms. The number of anilines is 1. The van der Waals surface area contributed by atoms with E-state index in [0.29, 0.717) is 11.3 Å². The lowest BCUT2D eigenvalue weighted by Gasteiger charge is -2.06. The number of hydrazone groups is 1. The Labute approximate surface area is 184 Å². The Kier molecular flexibility index (Phi) is 5.71. The number of amides is 1.